The number of amides is 1. The Morgan fingerprint density at radius 2 is 0.769 bits per heavy atom. The fourth-order valence-corrected chi connectivity index (χ4v) is 7.00. The van der Waals surface area contributed by atoms with E-state index in [9.17, 15) is 15.0 Å². The summed E-state index contributed by atoms with van der Waals surface area (Å²) < 4.78 is 0. The Bertz CT molecular complexity index is 790. The molecule has 0 saturated heterocycles. The molecule has 0 bridgehead atoms. The number of rotatable bonds is 42. The van der Waals surface area contributed by atoms with Gasteiger partial charge in [-0.25, -0.2) is 0 Å². The smallest absolute Gasteiger partial charge is 0.220 e. The minimum absolute atomic E-state index is 0.0844. The predicted molar refractivity (Wildman–Crippen MR) is 230 cm³/mol. The van der Waals surface area contributed by atoms with Crippen molar-refractivity contribution in [2.45, 2.75) is 257 Å². The van der Waals surface area contributed by atoms with Gasteiger partial charge in [0.2, 0.25) is 5.91 Å². The topological polar surface area (TPSA) is 69.6 Å². The maximum atomic E-state index is 12.3. The highest BCUT2D eigenvalue weighted by Gasteiger charge is 2.17. The zero-order valence-corrected chi connectivity index (χ0v) is 35.1. The van der Waals surface area contributed by atoms with Crippen LogP contribution in [0.3, 0.4) is 0 Å². The van der Waals surface area contributed by atoms with Crippen molar-refractivity contribution >= 4 is 5.91 Å². The van der Waals surface area contributed by atoms with Gasteiger partial charge < -0.3 is 15.5 Å². The number of carbonyl (C=O) groups excluding carboxylic acids is 1. The number of aliphatic hydroxyl groups excluding tert-OH is 2. The first-order valence-electron chi connectivity index (χ1n) is 23.2. The molecule has 0 aliphatic heterocycles. The molecule has 0 rings (SSSR count). The summed E-state index contributed by atoms with van der Waals surface area (Å²) in [6.45, 7) is 4.26. The van der Waals surface area contributed by atoms with Crippen LogP contribution in [-0.4, -0.2) is 34.9 Å². The second-order valence-corrected chi connectivity index (χ2v) is 15.8. The van der Waals surface area contributed by atoms with Crippen LogP contribution in [0.2, 0.25) is 0 Å². The van der Waals surface area contributed by atoms with Gasteiger partial charge in [-0.1, -0.05) is 224 Å². The summed E-state index contributed by atoms with van der Waals surface area (Å²) in [6.07, 6.45) is 58.6. The molecule has 1 amide bonds. The lowest BCUT2D eigenvalue weighted by Gasteiger charge is -2.19. The Labute approximate surface area is 325 Å². The first-order valence-corrected chi connectivity index (χ1v) is 23.2. The van der Waals surface area contributed by atoms with Crippen molar-refractivity contribution in [1.82, 2.24) is 5.32 Å². The lowest BCUT2D eigenvalue weighted by molar-refractivity contribution is -0.123. The first-order chi connectivity index (χ1) is 25.7. The summed E-state index contributed by atoms with van der Waals surface area (Å²) in [6, 6.07) is -0.641. The quantitative estimate of drug-likeness (QED) is 0.0433. The monoisotopic (exact) mass is 730 g/mol. The van der Waals surface area contributed by atoms with Gasteiger partial charge >= 0.3 is 0 Å². The van der Waals surface area contributed by atoms with Crippen LogP contribution in [0.1, 0.15) is 245 Å². The Kier molecular flexibility index (Phi) is 42.8. The molecule has 0 heterocycles. The average molecular weight is 730 g/mol. The van der Waals surface area contributed by atoms with Gasteiger partial charge in [-0.05, 0) is 51.4 Å². The van der Waals surface area contributed by atoms with Gasteiger partial charge in [0.25, 0.3) is 0 Å². The molecular weight excluding hydrogens is 639 g/mol. The third kappa shape index (κ3) is 39.8. The molecule has 0 aromatic heterocycles. The Hall–Kier alpha value is -1.39. The molecule has 2 unspecified atom stereocenters. The van der Waals surface area contributed by atoms with Crippen LogP contribution in [0.4, 0.5) is 0 Å². The lowest BCUT2D eigenvalue weighted by atomic mass is 10.0. The molecule has 0 saturated carbocycles. The number of aliphatic hydroxyl groups is 2. The molecule has 4 nitrogen and oxygen atoms in total. The summed E-state index contributed by atoms with van der Waals surface area (Å²) in [5, 5.41) is 22.9. The standard InChI is InChI=1S/C48H91NO3/c1-3-5-7-9-11-13-15-16-17-18-19-20-21-22-23-24-25-26-27-28-29-30-31-32-34-35-37-39-41-43-47(51)46(45-50)49-48(52)44-42-40-38-36-33-14-12-10-8-6-4-2/h10,12,34-35,41,43,46-47,50-51H,3-9,11,13-33,36-40,42,44-45H2,1-2H3,(H,49,52)/b12-10-,35-34+,43-41+. The highest BCUT2D eigenvalue weighted by atomic mass is 16.3. The van der Waals surface area contributed by atoms with Gasteiger partial charge in [-0.2, -0.15) is 0 Å². The third-order valence-electron chi connectivity index (χ3n) is 10.6. The van der Waals surface area contributed by atoms with Gasteiger partial charge in [0.05, 0.1) is 18.8 Å². The molecule has 306 valence electrons. The van der Waals surface area contributed by atoms with Gasteiger partial charge in [-0.3, -0.25) is 4.79 Å². The third-order valence-corrected chi connectivity index (χ3v) is 10.6. The van der Waals surface area contributed by atoms with E-state index in [1.807, 2.05) is 6.08 Å². The Morgan fingerprint density at radius 1 is 0.442 bits per heavy atom. The fraction of sp³-hybridized carbons (Fsp3) is 0.854. The molecule has 0 aliphatic rings. The van der Waals surface area contributed by atoms with Crippen LogP contribution in [0.5, 0.6) is 0 Å². The minimum Gasteiger partial charge on any atom is -0.394 e. The van der Waals surface area contributed by atoms with Gasteiger partial charge in [0, 0.05) is 6.42 Å². The van der Waals surface area contributed by atoms with Crippen LogP contribution in [-0.2, 0) is 4.79 Å². The Morgan fingerprint density at radius 3 is 1.17 bits per heavy atom. The van der Waals surface area contributed by atoms with Gasteiger partial charge in [0.15, 0.2) is 0 Å². The van der Waals surface area contributed by atoms with E-state index in [1.54, 1.807) is 6.08 Å². The largest absolute Gasteiger partial charge is 0.394 e. The summed E-state index contributed by atoms with van der Waals surface area (Å²) in [5.41, 5.74) is 0. The van der Waals surface area contributed by atoms with E-state index in [2.05, 4.69) is 43.5 Å². The molecule has 3 N–H and O–H groups in total. The molecule has 0 spiro atoms. The molecule has 0 radical (unpaired) electrons. The van der Waals surface area contributed by atoms with Crippen LogP contribution in [0, 0.1) is 0 Å². The van der Waals surface area contributed by atoms with E-state index in [-0.39, 0.29) is 12.5 Å². The predicted octanol–water partition coefficient (Wildman–Crippen LogP) is 14.6. The normalized spacial score (nSPS) is 13.2. The zero-order valence-electron chi connectivity index (χ0n) is 35.1. The summed E-state index contributed by atoms with van der Waals surface area (Å²) >= 11 is 0. The summed E-state index contributed by atoms with van der Waals surface area (Å²) in [5.74, 6) is -0.0844. The van der Waals surface area contributed by atoms with Crippen molar-refractivity contribution < 1.29 is 15.0 Å². The number of carbonyl (C=O) groups is 1. The number of hydrogen-bond donors (Lipinski definition) is 3. The van der Waals surface area contributed by atoms with Crippen LogP contribution in [0.25, 0.3) is 0 Å². The highest BCUT2D eigenvalue weighted by molar-refractivity contribution is 5.76. The number of allylic oxidation sites excluding steroid dienone is 5. The number of hydrogen-bond acceptors (Lipinski definition) is 3. The van der Waals surface area contributed by atoms with E-state index in [0.29, 0.717) is 6.42 Å². The van der Waals surface area contributed by atoms with E-state index >= 15 is 0 Å². The van der Waals surface area contributed by atoms with Crippen molar-refractivity contribution in [3.8, 4) is 0 Å². The number of nitrogens with one attached hydrogen (secondary N) is 1. The number of unbranched alkanes of at least 4 members (excludes halogenated alkanes) is 31. The fourth-order valence-electron chi connectivity index (χ4n) is 7.00. The van der Waals surface area contributed by atoms with E-state index in [4.69, 9.17) is 0 Å². The SMILES string of the molecule is CCCC/C=C\CCCCCCCC(=O)NC(CO)C(O)/C=C/CC/C=C/CCCCCCCCCCCCCCCCCCCCCCCCC. The van der Waals surface area contributed by atoms with Gasteiger partial charge in [-0.15, -0.1) is 0 Å². The van der Waals surface area contributed by atoms with Crippen molar-refractivity contribution in [2.75, 3.05) is 6.61 Å². The molecule has 52 heavy (non-hydrogen) atoms. The minimum atomic E-state index is -0.864. The van der Waals surface area contributed by atoms with Crippen LogP contribution >= 0.6 is 0 Å². The average Bonchev–Trinajstić information content (AvgIpc) is 3.15. The van der Waals surface area contributed by atoms with Crippen molar-refractivity contribution in [2.24, 2.45) is 0 Å². The molecule has 2 atom stereocenters. The molecular formula is C48H91NO3. The zero-order chi connectivity index (χ0) is 37.8. The summed E-state index contributed by atoms with van der Waals surface area (Å²) in [4.78, 5) is 12.3. The molecule has 0 aromatic rings. The van der Waals surface area contributed by atoms with Crippen LogP contribution < -0.4 is 5.32 Å². The van der Waals surface area contributed by atoms with E-state index in [1.165, 1.54) is 180 Å². The second kappa shape index (κ2) is 44.0. The van der Waals surface area contributed by atoms with Crippen LogP contribution in [0.15, 0.2) is 36.5 Å². The van der Waals surface area contributed by atoms with Gasteiger partial charge in [0.1, 0.15) is 0 Å². The van der Waals surface area contributed by atoms with Crippen molar-refractivity contribution in [1.29, 1.82) is 0 Å². The van der Waals surface area contributed by atoms with E-state index < -0.39 is 12.1 Å². The lowest BCUT2D eigenvalue weighted by Crippen LogP contribution is -2.45. The Balaban J connectivity index is 3.50. The molecule has 0 aliphatic carbocycles. The maximum absolute atomic E-state index is 12.3. The second-order valence-electron chi connectivity index (χ2n) is 15.8. The first kappa shape index (κ1) is 50.6. The van der Waals surface area contributed by atoms with Crippen molar-refractivity contribution in [3.63, 3.8) is 0 Å². The van der Waals surface area contributed by atoms with Crippen molar-refractivity contribution in [3.05, 3.63) is 36.5 Å². The molecule has 0 fully saturated rings. The van der Waals surface area contributed by atoms with E-state index in [0.717, 1.165) is 44.9 Å². The molecule has 0 aromatic carbocycles. The maximum Gasteiger partial charge on any atom is 0.220 e. The summed E-state index contributed by atoms with van der Waals surface area (Å²) in [7, 11) is 0. The highest BCUT2D eigenvalue weighted by Crippen LogP contribution is 2.16. The molecule has 4 heteroatoms.